The minimum absolute atomic E-state index is 0.0202. The van der Waals surface area contributed by atoms with Gasteiger partial charge in [0.15, 0.2) is 16.8 Å². The number of hydrogen-bond donors (Lipinski definition) is 1. The fourth-order valence-corrected chi connectivity index (χ4v) is 4.43. The number of para-hydroxylation sites is 1. The van der Waals surface area contributed by atoms with E-state index >= 15 is 0 Å². The second-order valence-electron chi connectivity index (χ2n) is 9.16. The molecule has 1 aromatic heterocycles. The van der Waals surface area contributed by atoms with E-state index in [0.717, 1.165) is 5.69 Å². The second kappa shape index (κ2) is 10.7. The van der Waals surface area contributed by atoms with Gasteiger partial charge in [0, 0.05) is 16.8 Å². The van der Waals surface area contributed by atoms with Crippen LogP contribution in [0.5, 0.6) is 0 Å². The fourth-order valence-electron chi connectivity index (χ4n) is 3.57. The molecule has 1 N–H and O–H groups in total. The first-order valence-electron chi connectivity index (χ1n) is 11.4. The molecule has 0 radical (unpaired) electrons. The molecule has 7 heteroatoms. The van der Waals surface area contributed by atoms with E-state index in [1.165, 1.54) is 17.3 Å². The van der Waals surface area contributed by atoms with E-state index < -0.39 is 0 Å². The molecule has 4 rings (SSSR count). The van der Waals surface area contributed by atoms with Crippen LogP contribution in [0.2, 0.25) is 0 Å². The van der Waals surface area contributed by atoms with Crippen molar-refractivity contribution in [2.45, 2.75) is 37.9 Å². The molecule has 0 spiro atoms. The van der Waals surface area contributed by atoms with Crippen molar-refractivity contribution in [3.8, 4) is 5.69 Å². The summed E-state index contributed by atoms with van der Waals surface area (Å²) < 4.78 is 1.88. The van der Waals surface area contributed by atoms with E-state index in [4.69, 9.17) is 0 Å². The Hall–Kier alpha value is -3.71. The number of Topliss-reactive ketones (excluding diaryl/α,β-unsaturated/α-hetero) is 1. The zero-order valence-electron chi connectivity index (χ0n) is 20.1. The summed E-state index contributed by atoms with van der Waals surface area (Å²) in [5.74, 6) is 0.667. The van der Waals surface area contributed by atoms with E-state index in [2.05, 4.69) is 36.3 Å². The standard InChI is InChI=1S/C28H28N4O2S/c1-28(2,3)22-16-14-21(15-17-22)26(34)29-18-25-30-31-27(32(25)23-12-8-5-9-13-23)35-19-24(33)20-10-6-4-7-11-20/h4-17H,18-19H2,1-3H3,(H,29,34). The molecule has 6 nitrogen and oxygen atoms in total. The molecule has 0 aliphatic heterocycles. The molecule has 0 bridgehead atoms. The Balaban J connectivity index is 1.50. The summed E-state index contributed by atoms with van der Waals surface area (Å²) >= 11 is 1.33. The van der Waals surface area contributed by atoms with Crippen molar-refractivity contribution in [3.05, 3.63) is 107 Å². The molecular formula is C28H28N4O2S. The molecule has 35 heavy (non-hydrogen) atoms. The maximum absolute atomic E-state index is 12.8. The molecule has 0 aliphatic carbocycles. The van der Waals surface area contributed by atoms with Crippen LogP contribution in [0.15, 0.2) is 90.1 Å². The Kier molecular flexibility index (Phi) is 7.46. The third kappa shape index (κ3) is 6.05. The van der Waals surface area contributed by atoms with Crippen molar-refractivity contribution < 1.29 is 9.59 Å². The van der Waals surface area contributed by atoms with E-state index in [9.17, 15) is 9.59 Å². The Labute approximate surface area is 209 Å². The van der Waals surface area contributed by atoms with Crippen molar-refractivity contribution in [2.75, 3.05) is 5.75 Å². The van der Waals surface area contributed by atoms with Gasteiger partial charge < -0.3 is 5.32 Å². The van der Waals surface area contributed by atoms with Crippen LogP contribution < -0.4 is 5.32 Å². The lowest BCUT2D eigenvalue weighted by Crippen LogP contribution is -2.25. The number of thioether (sulfide) groups is 1. The first-order valence-corrected chi connectivity index (χ1v) is 12.4. The summed E-state index contributed by atoms with van der Waals surface area (Å²) in [5.41, 5.74) is 3.31. The molecule has 4 aromatic rings. The van der Waals surface area contributed by atoms with Crippen LogP contribution in [0, 0.1) is 0 Å². The third-order valence-corrected chi connectivity index (χ3v) is 6.49. The van der Waals surface area contributed by atoms with Crippen molar-refractivity contribution in [3.63, 3.8) is 0 Å². The minimum atomic E-state index is -0.179. The Morgan fingerprint density at radius 1 is 0.829 bits per heavy atom. The SMILES string of the molecule is CC(C)(C)c1ccc(C(=O)NCc2nnc(SCC(=O)c3ccccc3)n2-c2ccccc2)cc1. The zero-order chi connectivity index (χ0) is 24.8. The third-order valence-electron chi connectivity index (χ3n) is 5.56. The van der Waals surface area contributed by atoms with Crippen LogP contribution in [0.4, 0.5) is 0 Å². The quantitative estimate of drug-likeness (QED) is 0.265. The summed E-state index contributed by atoms with van der Waals surface area (Å²) in [6.45, 7) is 6.62. The predicted molar refractivity (Wildman–Crippen MR) is 139 cm³/mol. The van der Waals surface area contributed by atoms with Crippen LogP contribution in [-0.4, -0.2) is 32.2 Å². The highest BCUT2D eigenvalue weighted by Crippen LogP contribution is 2.24. The average molecular weight is 485 g/mol. The fraction of sp³-hybridized carbons (Fsp3) is 0.214. The van der Waals surface area contributed by atoms with Crippen molar-refractivity contribution in [1.82, 2.24) is 20.1 Å². The van der Waals surface area contributed by atoms with Crippen LogP contribution in [0.25, 0.3) is 5.69 Å². The average Bonchev–Trinajstić information content (AvgIpc) is 3.29. The largest absolute Gasteiger partial charge is 0.345 e. The number of nitrogens with zero attached hydrogens (tertiary/aromatic N) is 3. The number of amides is 1. The molecule has 1 amide bonds. The Bertz CT molecular complexity index is 1290. The lowest BCUT2D eigenvalue weighted by atomic mass is 9.87. The van der Waals surface area contributed by atoms with Gasteiger partial charge in [0.1, 0.15) is 0 Å². The molecular weight excluding hydrogens is 456 g/mol. The first kappa shape index (κ1) is 24.4. The van der Waals surface area contributed by atoms with E-state index in [0.29, 0.717) is 22.1 Å². The van der Waals surface area contributed by atoms with Crippen molar-refractivity contribution in [1.29, 1.82) is 0 Å². The van der Waals surface area contributed by atoms with Gasteiger partial charge in [-0.3, -0.25) is 14.2 Å². The van der Waals surface area contributed by atoms with Crippen LogP contribution >= 0.6 is 11.8 Å². The number of ketones is 1. The molecule has 0 saturated carbocycles. The lowest BCUT2D eigenvalue weighted by molar-refractivity contribution is 0.0948. The number of aromatic nitrogens is 3. The van der Waals surface area contributed by atoms with Gasteiger partial charge in [-0.05, 0) is 35.2 Å². The molecule has 0 saturated heterocycles. The molecule has 0 atom stereocenters. The van der Waals surface area contributed by atoms with Gasteiger partial charge in [0.05, 0.1) is 12.3 Å². The topological polar surface area (TPSA) is 76.9 Å². The van der Waals surface area contributed by atoms with Gasteiger partial charge >= 0.3 is 0 Å². The minimum Gasteiger partial charge on any atom is -0.345 e. The zero-order valence-corrected chi connectivity index (χ0v) is 20.9. The van der Waals surface area contributed by atoms with Crippen LogP contribution in [-0.2, 0) is 12.0 Å². The summed E-state index contributed by atoms with van der Waals surface area (Å²) in [4.78, 5) is 25.4. The number of hydrogen-bond acceptors (Lipinski definition) is 5. The lowest BCUT2D eigenvalue weighted by Gasteiger charge is -2.19. The van der Waals surface area contributed by atoms with Gasteiger partial charge in [0.25, 0.3) is 5.91 Å². The Morgan fingerprint density at radius 2 is 1.46 bits per heavy atom. The van der Waals surface area contributed by atoms with Gasteiger partial charge in [-0.2, -0.15) is 0 Å². The highest BCUT2D eigenvalue weighted by Gasteiger charge is 2.18. The molecule has 0 unspecified atom stereocenters. The monoisotopic (exact) mass is 484 g/mol. The van der Waals surface area contributed by atoms with Crippen LogP contribution in [0.1, 0.15) is 52.9 Å². The van der Waals surface area contributed by atoms with Gasteiger partial charge in [-0.25, -0.2) is 0 Å². The number of benzene rings is 3. The number of nitrogens with one attached hydrogen (secondary N) is 1. The van der Waals surface area contributed by atoms with Crippen LogP contribution in [0.3, 0.4) is 0 Å². The normalized spacial score (nSPS) is 11.3. The maximum atomic E-state index is 12.8. The second-order valence-corrected chi connectivity index (χ2v) is 10.1. The smallest absolute Gasteiger partial charge is 0.251 e. The summed E-state index contributed by atoms with van der Waals surface area (Å²) in [5, 5.41) is 12.2. The molecule has 3 aromatic carbocycles. The number of carbonyl (C=O) groups excluding carboxylic acids is 2. The maximum Gasteiger partial charge on any atom is 0.251 e. The predicted octanol–water partition coefficient (Wildman–Crippen LogP) is 5.47. The van der Waals surface area contributed by atoms with Gasteiger partial charge in [0.2, 0.25) is 0 Å². The van der Waals surface area contributed by atoms with Gasteiger partial charge in [-0.15, -0.1) is 10.2 Å². The summed E-state index contributed by atoms with van der Waals surface area (Å²) in [6.07, 6.45) is 0. The molecule has 178 valence electrons. The highest BCUT2D eigenvalue weighted by molar-refractivity contribution is 7.99. The number of rotatable bonds is 8. The highest BCUT2D eigenvalue weighted by atomic mass is 32.2. The Morgan fingerprint density at radius 3 is 2.09 bits per heavy atom. The molecule has 0 fully saturated rings. The van der Waals surface area contributed by atoms with Gasteiger partial charge in [-0.1, -0.05) is 93.2 Å². The summed E-state index contributed by atoms with van der Waals surface area (Å²) in [7, 11) is 0. The van der Waals surface area contributed by atoms with E-state index in [-0.39, 0.29) is 29.4 Å². The van der Waals surface area contributed by atoms with E-state index in [1.807, 2.05) is 77.4 Å². The summed E-state index contributed by atoms with van der Waals surface area (Å²) in [6, 6.07) is 26.5. The van der Waals surface area contributed by atoms with E-state index in [1.54, 1.807) is 12.1 Å². The first-order chi connectivity index (χ1) is 16.8. The van der Waals surface area contributed by atoms with Crippen molar-refractivity contribution >= 4 is 23.5 Å². The number of carbonyl (C=O) groups is 2. The molecule has 0 aliphatic rings. The van der Waals surface area contributed by atoms with Crippen molar-refractivity contribution in [2.24, 2.45) is 0 Å². The molecule has 1 heterocycles.